The van der Waals surface area contributed by atoms with Crippen molar-refractivity contribution in [3.8, 4) is 0 Å². The lowest BCUT2D eigenvalue weighted by molar-refractivity contribution is 0.0213. The summed E-state index contributed by atoms with van der Waals surface area (Å²) in [4.78, 5) is 8.13. The molecular weight excluding hydrogens is 352 g/mol. The molecule has 2 aromatic rings. The van der Waals surface area contributed by atoms with Gasteiger partial charge >= 0.3 is 0 Å². The number of hydrogen-bond donors (Lipinski definition) is 0. The molecule has 0 radical (unpaired) electrons. The first-order valence-corrected chi connectivity index (χ1v) is 11.8. The number of benzene rings is 2. The lowest BCUT2D eigenvalue weighted by Gasteiger charge is -2.52. The van der Waals surface area contributed by atoms with E-state index in [2.05, 4.69) is 71.8 Å². The topological polar surface area (TPSA) is 15.6 Å². The monoisotopic (exact) mass is 386 g/mol. The second kappa shape index (κ2) is 8.83. The van der Waals surface area contributed by atoms with Crippen molar-refractivity contribution >= 4 is 6.21 Å². The molecule has 152 valence electrons. The van der Waals surface area contributed by atoms with Crippen LogP contribution in [0.3, 0.4) is 0 Å². The lowest BCUT2D eigenvalue weighted by Crippen LogP contribution is -2.59. The first-order chi connectivity index (χ1) is 14.4. The van der Waals surface area contributed by atoms with Crippen LogP contribution < -0.4 is 0 Å². The van der Waals surface area contributed by atoms with Crippen LogP contribution in [0.2, 0.25) is 0 Å². The third kappa shape index (κ3) is 4.05. The molecule has 2 bridgehead atoms. The molecule has 4 fully saturated rings. The van der Waals surface area contributed by atoms with Crippen molar-refractivity contribution in [1.29, 1.82) is 0 Å². The Balaban J connectivity index is 1.50. The highest BCUT2D eigenvalue weighted by Gasteiger charge is 2.46. The molecule has 0 spiro atoms. The molecule has 3 heterocycles. The summed E-state index contributed by atoms with van der Waals surface area (Å²) in [5.41, 5.74) is 2.88. The number of rotatable bonds is 5. The highest BCUT2D eigenvalue weighted by molar-refractivity contribution is 5.61. The van der Waals surface area contributed by atoms with Gasteiger partial charge in [0, 0.05) is 18.2 Å². The van der Waals surface area contributed by atoms with E-state index >= 15 is 0 Å². The maximum atomic E-state index is 5.38. The average Bonchev–Trinajstić information content (AvgIpc) is 2.81. The molecule has 3 aliphatic heterocycles. The first-order valence-electron chi connectivity index (χ1n) is 11.8. The van der Waals surface area contributed by atoms with Crippen LogP contribution >= 0.6 is 0 Å². The summed E-state index contributed by atoms with van der Waals surface area (Å²) in [6.07, 6.45) is 11.9. The molecule has 1 aliphatic carbocycles. The lowest BCUT2D eigenvalue weighted by atomic mass is 9.70. The zero-order valence-corrected chi connectivity index (χ0v) is 17.5. The normalized spacial score (nSPS) is 30.2. The molecule has 2 aromatic carbocycles. The predicted octanol–water partition coefficient (Wildman–Crippen LogP) is 5.93. The average molecular weight is 387 g/mol. The van der Waals surface area contributed by atoms with E-state index in [1.807, 2.05) is 0 Å². The van der Waals surface area contributed by atoms with Crippen LogP contribution in [0.5, 0.6) is 0 Å². The quantitative estimate of drug-likeness (QED) is 0.581. The fraction of sp³-hybridized carbons (Fsp3) is 0.519. The van der Waals surface area contributed by atoms with Gasteiger partial charge in [-0.05, 0) is 61.7 Å². The van der Waals surface area contributed by atoms with Gasteiger partial charge in [-0.25, -0.2) is 0 Å². The zero-order chi connectivity index (χ0) is 19.5. The fourth-order valence-corrected chi connectivity index (χ4v) is 6.08. The molecule has 4 aliphatic rings. The Hall–Kier alpha value is -1.93. The van der Waals surface area contributed by atoms with Gasteiger partial charge in [-0.2, -0.15) is 0 Å². The largest absolute Gasteiger partial charge is 0.297 e. The van der Waals surface area contributed by atoms with Crippen molar-refractivity contribution < 1.29 is 0 Å². The van der Waals surface area contributed by atoms with Gasteiger partial charge in [0.25, 0.3) is 0 Å². The Labute approximate surface area is 176 Å². The number of piperidine rings is 3. The highest BCUT2D eigenvalue weighted by Crippen LogP contribution is 2.43. The van der Waals surface area contributed by atoms with Crippen LogP contribution in [0.4, 0.5) is 0 Å². The van der Waals surface area contributed by atoms with Crippen molar-refractivity contribution in [3.05, 3.63) is 71.8 Å². The second-order valence-corrected chi connectivity index (χ2v) is 9.35. The van der Waals surface area contributed by atoms with Crippen LogP contribution in [-0.2, 0) is 0 Å². The summed E-state index contributed by atoms with van der Waals surface area (Å²) in [5, 5.41) is 0. The molecule has 6 rings (SSSR count). The molecule has 2 heteroatoms. The molecule has 2 nitrogen and oxygen atoms in total. The SMILES string of the molecule is C(=NC1C2CCN(CC2)C1C(c1ccccc1)c1ccccc1)C1CCCCC1. The van der Waals surface area contributed by atoms with E-state index in [0.717, 1.165) is 5.92 Å². The van der Waals surface area contributed by atoms with E-state index < -0.39 is 0 Å². The molecule has 29 heavy (non-hydrogen) atoms. The van der Waals surface area contributed by atoms with E-state index in [4.69, 9.17) is 4.99 Å². The van der Waals surface area contributed by atoms with Gasteiger partial charge in [-0.15, -0.1) is 0 Å². The molecule has 0 aromatic heterocycles. The molecule has 2 atom stereocenters. The smallest absolute Gasteiger partial charge is 0.0689 e. The number of fused-ring (bicyclic) bond motifs is 3. The van der Waals surface area contributed by atoms with Crippen molar-refractivity contribution in [2.24, 2.45) is 16.8 Å². The third-order valence-electron chi connectivity index (χ3n) is 7.61. The molecular formula is C27H34N2. The molecule has 2 unspecified atom stereocenters. The fourth-order valence-electron chi connectivity index (χ4n) is 6.08. The van der Waals surface area contributed by atoms with E-state index in [-0.39, 0.29) is 0 Å². The first kappa shape index (κ1) is 19.1. The molecule has 3 saturated heterocycles. The van der Waals surface area contributed by atoms with Crippen LogP contribution in [-0.4, -0.2) is 36.3 Å². The number of nitrogens with zero attached hydrogens (tertiary/aromatic N) is 2. The summed E-state index contributed by atoms with van der Waals surface area (Å²) in [7, 11) is 0. The maximum Gasteiger partial charge on any atom is 0.0689 e. The van der Waals surface area contributed by atoms with Crippen molar-refractivity contribution in [1.82, 2.24) is 4.90 Å². The van der Waals surface area contributed by atoms with E-state index in [1.165, 1.54) is 69.2 Å². The van der Waals surface area contributed by atoms with Gasteiger partial charge < -0.3 is 0 Å². The molecule has 0 N–H and O–H groups in total. The van der Waals surface area contributed by atoms with E-state index in [1.54, 1.807) is 0 Å². The molecule has 0 amide bonds. The summed E-state index contributed by atoms with van der Waals surface area (Å²) in [6.45, 7) is 2.47. The Morgan fingerprint density at radius 2 is 1.34 bits per heavy atom. The minimum Gasteiger partial charge on any atom is -0.297 e. The summed E-state index contributed by atoms with van der Waals surface area (Å²) >= 11 is 0. The Morgan fingerprint density at radius 1 is 0.759 bits per heavy atom. The number of aliphatic imine (C=N–C) groups is 1. The van der Waals surface area contributed by atoms with Crippen molar-refractivity contribution in [2.75, 3.05) is 13.1 Å². The van der Waals surface area contributed by atoms with Gasteiger partial charge in [-0.3, -0.25) is 9.89 Å². The Bertz CT molecular complexity index is 746. The van der Waals surface area contributed by atoms with Gasteiger partial charge in [0.05, 0.1) is 6.04 Å². The van der Waals surface area contributed by atoms with Crippen LogP contribution in [0.15, 0.2) is 65.7 Å². The Kier molecular flexibility index (Phi) is 5.80. The highest BCUT2D eigenvalue weighted by atomic mass is 15.2. The van der Waals surface area contributed by atoms with Crippen LogP contribution in [0, 0.1) is 11.8 Å². The molecule has 1 saturated carbocycles. The number of hydrogen-bond acceptors (Lipinski definition) is 2. The van der Waals surface area contributed by atoms with Gasteiger partial charge in [0.1, 0.15) is 0 Å². The summed E-state index contributed by atoms with van der Waals surface area (Å²) < 4.78 is 0. The van der Waals surface area contributed by atoms with Crippen LogP contribution in [0.1, 0.15) is 62.0 Å². The second-order valence-electron chi connectivity index (χ2n) is 9.35. The van der Waals surface area contributed by atoms with Crippen molar-refractivity contribution in [2.45, 2.75) is 62.9 Å². The zero-order valence-electron chi connectivity index (χ0n) is 17.5. The minimum atomic E-state index is 0.397. The van der Waals surface area contributed by atoms with Crippen molar-refractivity contribution in [3.63, 3.8) is 0 Å². The summed E-state index contributed by atoms with van der Waals surface area (Å²) in [5.74, 6) is 1.86. The maximum absolute atomic E-state index is 5.38. The van der Waals surface area contributed by atoms with E-state index in [9.17, 15) is 0 Å². The van der Waals surface area contributed by atoms with E-state index in [0.29, 0.717) is 23.9 Å². The van der Waals surface area contributed by atoms with Crippen LogP contribution in [0.25, 0.3) is 0 Å². The van der Waals surface area contributed by atoms with Gasteiger partial charge in [0.15, 0.2) is 0 Å². The summed E-state index contributed by atoms with van der Waals surface area (Å²) in [6, 6.07) is 23.3. The van der Waals surface area contributed by atoms with Gasteiger partial charge in [-0.1, -0.05) is 79.9 Å². The third-order valence-corrected chi connectivity index (χ3v) is 7.61. The van der Waals surface area contributed by atoms with Gasteiger partial charge in [0.2, 0.25) is 0 Å². The standard InChI is InChI=1S/C27H34N2/c1-4-10-21(11-5-1)20-28-26-24-16-18-29(19-17-24)27(26)25(22-12-6-2-7-13-22)23-14-8-3-9-15-23/h2-3,6-9,12-15,20-21,24-27H,1,4-5,10-11,16-19H2. The minimum absolute atomic E-state index is 0.397. The Morgan fingerprint density at radius 3 is 1.93 bits per heavy atom. The predicted molar refractivity (Wildman–Crippen MR) is 122 cm³/mol.